The third-order valence-electron chi connectivity index (χ3n) is 3.87. The molecule has 1 amide bonds. The number of hydrogen-bond acceptors (Lipinski definition) is 4. The number of fused-ring (bicyclic) bond motifs is 1. The minimum absolute atomic E-state index is 0.339. The molecule has 0 bridgehead atoms. The van der Waals surface area contributed by atoms with E-state index in [2.05, 4.69) is 10.3 Å². The van der Waals surface area contributed by atoms with E-state index in [-0.39, 0.29) is 11.7 Å². The molecule has 0 saturated carbocycles. The average Bonchev–Trinajstić information content (AvgIpc) is 3.25. The summed E-state index contributed by atoms with van der Waals surface area (Å²) in [6.07, 6.45) is 1.81. The maximum Gasteiger partial charge on any atom is 0.256 e. The molecule has 0 atom stereocenters. The SMILES string of the molecule is N#Cc1cccc(C(=O)Nc2c(-c3ccc(F)cc3)nc3sccn23)c1. The van der Waals surface area contributed by atoms with Crippen molar-refractivity contribution in [3.05, 3.63) is 77.1 Å². The fourth-order valence-corrected chi connectivity index (χ4v) is 3.34. The van der Waals surface area contributed by atoms with E-state index in [1.165, 1.54) is 29.5 Å². The predicted molar refractivity (Wildman–Crippen MR) is 97.6 cm³/mol. The summed E-state index contributed by atoms with van der Waals surface area (Å²) < 4.78 is 15.0. The Morgan fingerprint density at radius 2 is 2.04 bits per heavy atom. The standard InChI is InChI=1S/C19H11FN4OS/c20-15-6-4-13(5-7-15)16-17(24-8-9-26-19(24)22-16)23-18(25)14-3-1-2-12(10-14)11-21/h1-10H,(H,23,25). The normalized spacial score (nSPS) is 10.6. The number of anilines is 1. The first-order valence-electron chi connectivity index (χ1n) is 7.69. The van der Waals surface area contributed by atoms with Gasteiger partial charge in [0.25, 0.3) is 5.91 Å². The molecule has 0 aliphatic carbocycles. The monoisotopic (exact) mass is 362 g/mol. The molecule has 0 fully saturated rings. The second kappa shape index (κ2) is 6.43. The topological polar surface area (TPSA) is 70.2 Å². The summed E-state index contributed by atoms with van der Waals surface area (Å²) in [6.45, 7) is 0. The molecular formula is C19H11FN4OS. The lowest BCUT2D eigenvalue weighted by molar-refractivity contribution is 0.102. The molecule has 0 spiro atoms. The molecule has 2 heterocycles. The first-order valence-corrected chi connectivity index (χ1v) is 8.56. The Hall–Kier alpha value is -3.50. The summed E-state index contributed by atoms with van der Waals surface area (Å²) in [6, 6.07) is 14.4. The number of thiazole rings is 1. The molecule has 0 radical (unpaired) electrons. The average molecular weight is 362 g/mol. The molecule has 2 aromatic carbocycles. The molecule has 0 aliphatic heterocycles. The number of aromatic nitrogens is 2. The maximum atomic E-state index is 13.2. The lowest BCUT2D eigenvalue weighted by atomic mass is 10.1. The Labute approximate surface area is 152 Å². The van der Waals surface area contributed by atoms with Crippen LogP contribution in [0.25, 0.3) is 16.2 Å². The van der Waals surface area contributed by atoms with Crippen molar-refractivity contribution in [2.45, 2.75) is 0 Å². The van der Waals surface area contributed by atoms with Gasteiger partial charge in [-0.05, 0) is 42.5 Å². The molecule has 2 aromatic heterocycles. The van der Waals surface area contributed by atoms with E-state index in [4.69, 9.17) is 5.26 Å². The van der Waals surface area contributed by atoms with Crippen molar-refractivity contribution in [2.24, 2.45) is 0 Å². The van der Waals surface area contributed by atoms with Crippen molar-refractivity contribution in [1.82, 2.24) is 9.38 Å². The van der Waals surface area contributed by atoms with E-state index in [1.807, 2.05) is 11.4 Å². The highest BCUT2D eigenvalue weighted by Gasteiger charge is 2.18. The molecule has 5 nitrogen and oxygen atoms in total. The second-order valence-electron chi connectivity index (χ2n) is 5.52. The van der Waals surface area contributed by atoms with Crippen molar-refractivity contribution >= 4 is 28.0 Å². The number of nitrogens with one attached hydrogen (secondary N) is 1. The second-order valence-corrected chi connectivity index (χ2v) is 6.39. The molecule has 0 unspecified atom stereocenters. The first-order chi connectivity index (χ1) is 12.7. The molecule has 26 heavy (non-hydrogen) atoms. The van der Waals surface area contributed by atoms with Crippen molar-refractivity contribution in [3.8, 4) is 17.3 Å². The number of amides is 1. The quantitative estimate of drug-likeness (QED) is 0.590. The maximum absolute atomic E-state index is 13.2. The van der Waals surface area contributed by atoms with Crippen molar-refractivity contribution < 1.29 is 9.18 Å². The van der Waals surface area contributed by atoms with Gasteiger partial charge < -0.3 is 5.32 Å². The van der Waals surface area contributed by atoms with Gasteiger partial charge in [-0.2, -0.15) is 5.26 Å². The highest BCUT2D eigenvalue weighted by Crippen LogP contribution is 2.31. The number of benzene rings is 2. The number of halogens is 1. The predicted octanol–water partition coefficient (Wildman–Crippen LogP) is 4.33. The Balaban J connectivity index is 1.76. The van der Waals surface area contributed by atoms with Crippen LogP contribution >= 0.6 is 11.3 Å². The van der Waals surface area contributed by atoms with E-state index in [1.54, 1.807) is 40.9 Å². The van der Waals surface area contributed by atoms with Crippen LogP contribution in [0.15, 0.2) is 60.1 Å². The minimum atomic E-state index is -0.349. The van der Waals surface area contributed by atoms with Crippen molar-refractivity contribution in [3.63, 3.8) is 0 Å². The van der Waals surface area contributed by atoms with E-state index >= 15 is 0 Å². The van der Waals surface area contributed by atoms with Crippen molar-refractivity contribution in [2.75, 3.05) is 5.32 Å². The summed E-state index contributed by atoms with van der Waals surface area (Å²) >= 11 is 1.43. The Morgan fingerprint density at radius 1 is 1.23 bits per heavy atom. The summed E-state index contributed by atoms with van der Waals surface area (Å²) in [5, 5.41) is 13.7. The fraction of sp³-hybridized carbons (Fsp3) is 0. The summed E-state index contributed by atoms with van der Waals surface area (Å²) in [7, 11) is 0. The summed E-state index contributed by atoms with van der Waals surface area (Å²) in [4.78, 5) is 17.9. The first kappa shape index (κ1) is 16.0. The number of imidazole rings is 1. The van der Waals surface area contributed by atoms with Gasteiger partial charge in [0.1, 0.15) is 17.3 Å². The summed E-state index contributed by atoms with van der Waals surface area (Å²) in [5.41, 5.74) is 2.04. The van der Waals surface area contributed by atoms with Crippen LogP contribution in [0.3, 0.4) is 0 Å². The van der Waals surface area contributed by atoms with Crippen LogP contribution in [0.1, 0.15) is 15.9 Å². The van der Waals surface area contributed by atoms with Gasteiger partial charge in [-0.1, -0.05) is 6.07 Å². The van der Waals surface area contributed by atoms with Gasteiger partial charge in [0.2, 0.25) is 0 Å². The molecule has 4 rings (SSSR count). The molecule has 7 heteroatoms. The largest absolute Gasteiger partial charge is 0.306 e. The van der Waals surface area contributed by atoms with Crippen molar-refractivity contribution in [1.29, 1.82) is 5.26 Å². The zero-order valence-electron chi connectivity index (χ0n) is 13.3. The van der Waals surface area contributed by atoms with Gasteiger partial charge >= 0.3 is 0 Å². The van der Waals surface area contributed by atoms with E-state index in [0.29, 0.717) is 33.2 Å². The van der Waals surface area contributed by atoms with Gasteiger partial charge in [-0.3, -0.25) is 9.20 Å². The highest BCUT2D eigenvalue weighted by atomic mass is 32.1. The molecular weight excluding hydrogens is 351 g/mol. The van der Waals surface area contributed by atoms with Gasteiger partial charge in [-0.25, -0.2) is 9.37 Å². The Kier molecular flexibility index (Phi) is 3.95. The van der Waals surface area contributed by atoms with Gasteiger partial charge in [0, 0.05) is 22.7 Å². The lowest BCUT2D eigenvalue weighted by Gasteiger charge is -2.07. The zero-order chi connectivity index (χ0) is 18.1. The van der Waals surface area contributed by atoms with Crippen LogP contribution in [-0.4, -0.2) is 15.3 Å². The highest BCUT2D eigenvalue weighted by molar-refractivity contribution is 7.15. The van der Waals surface area contributed by atoms with Gasteiger partial charge in [0.05, 0.1) is 11.6 Å². The molecule has 0 aliphatic rings. The number of nitriles is 1. The third kappa shape index (κ3) is 2.83. The minimum Gasteiger partial charge on any atom is -0.306 e. The van der Waals surface area contributed by atoms with Crippen LogP contribution in [-0.2, 0) is 0 Å². The number of carbonyl (C=O) groups is 1. The number of hydrogen-bond donors (Lipinski definition) is 1. The number of carbonyl (C=O) groups excluding carboxylic acids is 1. The smallest absolute Gasteiger partial charge is 0.256 e. The van der Waals surface area contributed by atoms with Crippen LogP contribution < -0.4 is 5.32 Å². The molecule has 0 saturated heterocycles. The summed E-state index contributed by atoms with van der Waals surface area (Å²) in [5.74, 6) is -0.188. The van der Waals surface area contributed by atoms with E-state index in [0.717, 1.165) is 0 Å². The third-order valence-corrected chi connectivity index (χ3v) is 4.62. The van der Waals surface area contributed by atoms with Crippen LogP contribution in [0.2, 0.25) is 0 Å². The van der Waals surface area contributed by atoms with E-state index in [9.17, 15) is 9.18 Å². The zero-order valence-corrected chi connectivity index (χ0v) is 14.1. The Bertz CT molecular complexity index is 1150. The van der Waals surface area contributed by atoms with Crippen LogP contribution in [0.5, 0.6) is 0 Å². The van der Waals surface area contributed by atoms with Gasteiger partial charge in [0.15, 0.2) is 4.96 Å². The van der Waals surface area contributed by atoms with Gasteiger partial charge in [-0.15, -0.1) is 11.3 Å². The molecule has 1 N–H and O–H groups in total. The molecule has 126 valence electrons. The van der Waals surface area contributed by atoms with Crippen LogP contribution in [0.4, 0.5) is 10.2 Å². The number of rotatable bonds is 3. The van der Waals surface area contributed by atoms with Crippen LogP contribution in [0, 0.1) is 17.1 Å². The Morgan fingerprint density at radius 3 is 2.81 bits per heavy atom. The number of nitrogens with zero attached hydrogens (tertiary/aromatic N) is 3. The molecule has 4 aromatic rings. The lowest BCUT2D eigenvalue weighted by Crippen LogP contribution is -2.14. The van der Waals surface area contributed by atoms with E-state index < -0.39 is 0 Å². The fourth-order valence-electron chi connectivity index (χ4n) is 2.62.